The normalized spacial score (nSPS) is 12.3. The van der Waals surface area contributed by atoms with Gasteiger partial charge in [-0.3, -0.25) is 0 Å². The van der Waals surface area contributed by atoms with Crippen LogP contribution >= 0.6 is 35.1 Å². The van der Waals surface area contributed by atoms with E-state index in [1.54, 1.807) is 0 Å². The topological polar surface area (TPSA) is 101 Å². The van der Waals surface area contributed by atoms with E-state index in [-0.39, 0.29) is 24.9 Å². The summed E-state index contributed by atoms with van der Waals surface area (Å²) < 4.78 is 75.5. The average molecular weight is 494 g/mol. The zero-order valence-electron chi connectivity index (χ0n) is 14.3. The lowest BCUT2D eigenvalue weighted by Gasteiger charge is -2.24. The van der Waals surface area contributed by atoms with Crippen LogP contribution in [-0.2, 0) is 10.0 Å². The van der Waals surface area contributed by atoms with Gasteiger partial charge in [-0.2, -0.15) is 23.1 Å². The molecule has 0 saturated heterocycles. The number of nitriles is 1. The van der Waals surface area contributed by atoms with E-state index >= 15 is 0 Å². The Hall–Kier alpha value is -1.95. The minimum atomic E-state index is -4.34. The Morgan fingerprint density at radius 2 is 1.97 bits per heavy atom. The molecule has 0 spiro atoms. The molecule has 0 N–H and O–H groups in total. The molecule has 0 radical (unpaired) electrons. The molecule has 0 fully saturated rings. The quantitative estimate of drug-likeness (QED) is 0.347. The van der Waals surface area contributed by atoms with Crippen molar-refractivity contribution in [2.75, 3.05) is 9.97 Å². The maximum Gasteiger partial charge on any atom is 0.355 e. The second-order valence-corrected chi connectivity index (χ2v) is 10.2. The second kappa shape index (κ2) is 8.05. The summed E-state index contributed by atoms with van der Waals surface area (Å²) in [7, 11) is -4.34. The largest absolute Gasteiger partial charge is 0.355 e. The van der Waals surface area contributed by atoms with Gasteiger partial charge in [-0.05, 0) is 19.1 Å². The smallest absolute Gasteiger partial charge is 0.245 e. The number of rotatable bonds is 6. The van der Waals surface area contributed by atoms with Crippen molar-refractivity contribution in [2.24, 2.45) is 0 Å². The van der Waals surface area contributed by atoms with E-state index in [0.29, 0.717) is 18.4 Å². The van der Waals surface area contributed by atoms with Crippen molar-refractivity contribution >= 4 is 50.9 Å². The summed E-state index contributed by atoms with van der Waals surface area (Å²) in [5.41, 5.74) is -3.43. The molecule has 0 atom stereocenters. The molecule has 0 aliphatic rings. The van der Waals surface area contributed by atoms with Crippen LogP contribution in [0.5, 0.6) is 0 Å². The fraction of sp³-hybridized carbons (Fsp3) is 0.308. The lowest BCUT2D eigenvalue weighted by atomic mass is 10.1. The summed E-state index contributed by atoms with van der Waals surface area (Å²) in [5.74, 6) is -1.72. The van der Waals surface area contributed by atoms with Crippen molar-refractivity contribution < 1.29 is 26.0 Å². The van der Waals surface area contributed by atoms with Gasteiger partial charge in [-0.1, -0.05) is 23.2 Å². The molecule has 0 aliphatic heterocycles. The van der Waals surface area contributed by atoms with Crippen LogP contribution in [-0.4, -0.2) is 32.9 Å². The highest BCUT2D eigenvalue weighted by Crippen LogP contribution is 2.43. The highest BCUT2D eigenvalue weighted by atomic mass is 35.5. The first-order chi connectivity index (χ1) is 13.2. The molecule has 1 aromatic heterocycles. The third-order valence-corrected chi connectivity index (χ3v) is 6.09. The first-order valence-electron chi connectivity index (χ1n) is 7.14. The molecule has 0 bridgehead atoms. The Morgan fingerprint density at radius 1 is 1.38 bits per heavy atom. The molecule has 8 nitrogen and oxygen atoms in total. The van der Waals surface area contributed by atoms with Gasteiger partial charge in [0.1, 0.15) is 17.6 Å². The van der Waals surface area contributed by atoms with Crippen LogP contribution in [0.15, 0.2) is 16.9 Å². The van der Waals surface area contributed by atoms with Crippen LogP contribution in [0.25, 0.3) is 5.69 Å². The number of alkyl halides is 5. The van der Waals surface area contributed by atoms with Crippen LogP contribution in [0.1, 0.15) is 17.9 Å². The van der Waals surface area contributed by atoms with Crippen molar-refractivity contribution in [1.82, 2.24) is 14.3 Å². The van der Waals surface area contributed by atoms with E-state index in [0.717, 1.165) is 6.92 Å². The Kier molecular flexibility index (Phi) is 6.48. The summed E-state index contributed by atoms with van der Waals surface area (Å²) in [6.07, 6.45) is 0.617. The number of nitrogens with zero attached hydrogens (tertiary/aromatic N) is 5. The van der Waals surface area contributed by atoms with E-state index in [1.807, 2.05) is 0 Å². The second-order valence-electron chi connectivity index (χ2n) is 5.35. The predicted octanol–water partition coefficient (Wildman–Crippen LogP) is 3.22. The van der Waals surface area contributed by atoms with Gasteiger partial charge in [0.2, 0.25) is 10.0 Å². The van der Waals surface area contributed by atoms with Crippen LogP contribution in [0.4, 0.5) is 23.2 Å². The van der Waals surface area contributed by atoms with E-state index < -0.39 is 54.8 Å². The van der Waals surface area contributed by atoms with Crippen molar-refractivity contribution in [1.29, 1.82) is 5.26 Å². The summed E-state index contributed by atoms with van der Waals surface area (Å²) in [5, 5.41) is 12.7. The minimum absolute atomic E-state index is 0.0372. The molecule has 0 amide bonds. The van der Waals surface area contributed by atoms with Crippen LogP contribution in [0.3, 0.4) is 0 Å². The van der Waals surface area contributed by atoms with Crippen LogP contribution in [0, 0.1) is 24.1 Å². The number of benzene rings is 1. The molecule has 0 aliphatic carbocycles. The first kappa shape index (κ1) is 23.3. The number of aromatic nitrogens is 3. The third kappa shape index (κ3) is 4.97. The van der Waals surface area contributed by atoms with E-state index in [9.17, 15) is 36.0 Å². The fourth-order valence-electron chi connectivity index (χ4n) is 2.20. The van der Waals surface area contributed by atoms with Gasteiger partial charge in [0.05, 0.1) is 17.5 Å². The Bertz CT molecular complexity index is 1150. The van der Waals surface area contributed by atoms with E-state index in [2.05, 4.69) is 5.10 Å². The fourth-order valence-corrected chi connectivity index (χ4v) is 4.66. The summed E-state index contributed by atoms with van der Waals surface area (Å²) in [4.78, 5) is 12.2. The standard InChI is InChI=1S/C13H9Cl2F4N5O3S2/c1-6-21-23(12(25)22(6)11(17)18)10-4-9(7(5-20)3-8(10)16)24(29(2,26)27)28-13(14,15)19/h3-4,11H,1-2H3. The van der Waals surface area contributed by atoms with Crippen LogP contribution in [0.2, 0.25) is 0 Å². The summed E-state index contributed by atoms with van der Waals surface area (Å²) >= 11 is 10.1. The maximum atomic E-state index is 14.5. The molecule has 2 aromatic rings. The van der Waals surface area contributed by atoms with Crippen molar-refractivity contribution in [3.05, 3.63) is 39.8 Å². The summed E-state index contributed by atoms with van der Waals surface area (Å²) in [6, 6.07) is 2.67. The number of hydrogen-bond acceptors (Lipinski definition) is 6. The van der Waals surface area contributed by atoms with Gasteiger partial charge >= 0.3 is 16.2 Å². The molecule has 1 heterocycles. The van der Waals surface area contributed by atoms with Crippen molar-refractivity contribution in [2.45, 2.75) is 17.4 Å². The number of hydrogen-bond donors (Lipinski definition) is 0. The lowest BCUT2D eigenvalue weighted by Crippen LogP contribution is -2.28. The Balaban J connectivity index is 2.82. The van der Waals surface area contributed by atoms with Crippen LogP contribution < -0.4 is 9.40 Å². The van der Waals surface area contributed by atoms with Gasteiger partial charge in [-0.25, -0.2) is 25.9 Å². The van der Waals surface area contributed by atoms with Gasteiger partial charge in [-0.15, -0.1) is 5.10 Å². The maximum absolute atomic E-state index is 14.5. The summed E-state index contributed by atoms with van der Waals surface area (Å²) in [6.45, 7) is -2.22. The van der Waals surface area contributed by atoms with Gasteiger partial charge in [0.15, 0.2) is 5.82 Å². The molecule has 0 saturated carbocycles. The van der Waals surface area contributed by atoms with Crippen molar-refractivity contribution in [3.63, 3.8) is 0 Å². The zero-order valence-corrected chi connectivity index (χ0v) is 17.4. The van der Waals surface area contributed by atoms with E-state index in [4.69, 9.17) is 23.2 Å². The van der Waals surface area contributed by atoms with Gasteiger partial charge < -0.3 is 0 Å². The number of anilines is 1. The number of halogens is 6. The first-order valence-corrected chi connectivity index (χ1v) is 10.5. The Morgan fingerprint density at radius 3 is 2.38 bits per heavy atom. The third-order valence-electron chi connectivity index (χ3n) is 3.27. The predicted molar refractivity (Wildman–Crippen MR) is 98.9 cm³/mol. The van der Waals surface area contributed by atoms with Crippen molar-refractivity contribution in [3.8, 4) is 11.8 Å². The molecule has 2 rings (SSSR count). The zero-order chi connectivity index (χ0) is 22.3. The molecule has 158 valence electrons. The highest BCUT2D eigenvalue weighted by molar-refractivity contribution is 8.16. The number of aryl methyl sites for hydroxylation is 1. The molecule has 29 heavy (non-hydrogen) atoms. The molecular weight excluding hydrogens is 485 g/mol. The SMILES string of the molecule is Cc1nn(-c2cc(N(SC(F)(Cl)Cl)S(C)(=O)=O)c(C#N)cc2F)c(=O)n1C(F)F. The molecular formula is C13H9Cl2F4N5O3S2. The Labute approximate surface area is 175 Å². The number of sulfonamides is 1. The molecule has 0 unspecified atom stereocenters. The van der Waals surface area contributed by atoms with Gasteiger partial charge in [0.25, 0.3) is 0 Å². The van der Waals surface area contributed by atoms with Gasteiger partial charge in [0, 0.05) is 11.9 Å². The molecule has 1 aromatic carbocycles. The highest BCUT2D eigenvalue weighted by Gasteiger charge is 2.35. The minimum Gasteiger partial charge on any atom is -0.245 e. The average Bonchev–Trinajstić information content (AvgIpc) is 2.85. The monoisotopic (exact) mass is 493 g/mol. The van der Waals surface area contributed by atoms with E-state index in [1.165, 1.54) is 6.07 Å². The lowest BCUT2D eigenvalue weighted by molar-refractivity contribution is 0.0640. The molecule has 16 heteroatoms.